The van der Waals surface area contributed by atoms with E-state index in [0.29, 0.717) is 19.4 Å². The van der Waals surface area contributed by atoms with Gasteiger partial charge in [0.05, 0.1) is 6.67 Å². The summed E-state index contributed by atoms with van der Waals surface area (Å²) in [5.74, 6) is 0. The first kappa shape index (κ1) is 5.89. The Bertz CT molecular complexity index is 19.5. The molecule has 1 nitrogen and oxygen atoms in total. The Hall–Kier alpha value is -0.110. The summed E-state index contributed by atoms with van der Waals surface area (Å²) < 4.78 is 11.1. The van der Waals surface area contributed by atoms with Crippen LogP contribution in [-0.2, 0) is 0 Å². The second-order valence-corrected chi connectivity index (χ2v) is 1.15. The molecular formula is C4H9FN. The fourth-order valence-electron chi connectivity index (χ4n) is 0.219. The van der Waals surface area contributed by atoms with E-state index in [1.54, 1.807) is 0 Å². The molecule has 0 bridgehead atoms. The molecule has 0 aliphatic rings. The molecular weight excluding hydrogens is 81.0 g/mol. The van der Waals surface area contributed by atoms with Gasteiger partial charge in [-0.25, -0.2) is 0 Å². The highest BCUT2D eigenvalue weighted by Crippen LogP contribution is 1.84. The molecule has 2 heteroatoms. The largest absolute Gasteiger partial charge is 0.258 e. The Morgan fingerprint density at radius 3 is 2.17 bits per heavy atom. The summed E-state index contributed by atoms with van der Waals surface area (Å²) in [6, 6.07) is 0. The van der Waals surface area contributed by atoms with Crippen molar-refractivity contribution in [2.45, 2.75) is 12.8 Å². The van der Waals surface area contributed by atoms with E-state index in [0.717, 1.165) is 0 Å². The zero-order chi connectivity index (χ0) is 4.83. The van der Waals surface area contributed by atoms with Crippen LogP contribution in [0.1, 0.15) is 12.8 Å². The minimum absolute atomic E-state index is 0.265. The lowest BCUT2D eigenvalue weighted by Crippen LogP contribution is -1.84. The molecule has 1 radical (unpaired) electrons. The molecule has 0 spiro atoms. The molecule has 0 fully saturated rings. The average Bonchev–Trinajstić information content (AvgIpc) is 1.61. The molecule has 0 saturated heterocycles. The van der Waals surface area contributed by atoms with Gasteiger partial charge in [-0.15, -0.1) is 0 Å². The minimum atomic E-state index is -0.265. The van der Waals surface area contributed by atoms with Gasteiger partial charge in [0, 0.05) is 6.54 Å². The van der Waals surface area contributed by atoms with Crippen molar-refractivity contribution in [1.82, 2.24) is 5.73 Å². The quantitative estimate of drug-likeness (QED) is 0.462. The number of hydrogen-bond donors (Lipinski definition) is 0. The third kappa shape index (κ3) is 3.89. The molecule has 37 valence electrons. The maximum Gasteiger partial charge on any atom is 0.0894 e. The van der Waals surface area contributed by atoms with Gasteiger partial charge in [-0.1, -0.05) is 0 Å². The van der Waals surface area contributed by atoms with E-state index in [1.165, 1.54) is 0 Å². The van der Waals surface area contributed by atoms with E-state index in [1.807, 2.05) is 0 Å². The zero-order valence-electron chi connectivity index (χ0n) is 3.71. The second kappa shape index (κ2) is 4.89. The summed E-state index contributed by atoms with van der Waals surface area (Å²) in [5.41, 5.74) is 6.54. The molecule has 0 aliphatic heterocycles. The molecule has 0 aromatic rings. The van der Waals surface area contributed by atoms with Gasteiger partial charge in [0.2, 0.25) is 0 Å². The highest BCUT2D eigenvalue weighted by Gasteiger charge is 1.78. The van der Waals surface area contributed by atoms with Crippen LogP contribution in [0.15, 0.2) is 0 Å². The number of nitrogens with one attached hydrogen (secondary N) is 1. The summed E-state index contributed by atoms with van der Waals surface area (Å²) in [6.45, 7) is 0.1000. The molecule has 0 rings (SSSR count). The maximum atomic E-state index is 11.1. The SMILES string of the molecule is [NH]CCCCF. The van der Waals surface area contributed by atoms with Crippen molar-refractivity contribution in [3.05, 3.63) is 0 Å². The van der Waals surface area contributed by atoms with Crippen LogP contribution < -0.4 is 5.73 Å². The summed E-state index contributed by atoms with van der Waals surface area (Å²) >= 11 is 0. The lowest BCUT2D eigenvalue weighted by atomic mass is 10.3. The highest BCUT2D eigenvalue weighted by molar-refractivity contribution is 4.34. The van der Waals surface area contributed by atoms with E-state index in [4.69, 9.17) is 5.73 Å². The fourth-order valence-corrected chi connectivity index (χ4v) is 0.219. The van der Waals surface area contributed by atoms with Crippen molar-refractivity contribution in [3.63, 3.8) is 0 Å². The number of hydrogen-bond acceptors (Lipinski definition) is 0. The third-order valence-electron chi connectivity index (χ3n) is 0.560. The van der Waals surface area contributed by atoms with Crippen LogP contribution in [0.4, 0.5) is 4.39 Å². The van der Waals surface area contributed by atoms with Crippen molar-refractivity contribution in [2.75, 3.05) is 13.2 Å². The molecule has 6 heavy (non-hydrogen) atoms. The van der Waals surface area contributed by atoms with Gasteiger partial charge < -0.3 is 0 Å². The van der Waals surface area contributed by atoms with E-state index in [-0.39, 0.29) is 6.67 Å². The van der Waals surface area contributed by atoms with Crippen molar-refractivity contribution in [2.24, 2.45) is 0 Å². The van der Waals surface area contributed by atoms with Gasteiger partial charge in [-0.05, 0) is 12.8 Å². The van der Waals surface area contributed by atoms with Gasteiger partial charge in [-0.3, -0.25) is 10.1 Å². The number of halogens is 1. The van der Waals surface area contributed by atoms with Gasteiger partial charge in [0.15, 0.2) is 0 Å². The lowest BCUT2D eigenvalue weighted by Gasteiger charge is -1.83. The molecule has 0 aromatic carbocycles. The van der Waals surface area contributed by atoms with Gasteiger partial charge in [-0.2, -0.15) is 0 Å². The molecule has 0 saturated carbocycles. The molecule has 0 atom stereocenters. The number of unbranched alkanes of at least 4 members (excludes halogenated alkanes) is 1. The third-order valence-corrected chi connectivity index (χ3v) is 0.560. The normalized spacial score (nSPS) is 9.00. The van der Waals surface area contributed by atoms with Crippen LogP contribution in [0, 0.1) is 0 Å². The van der Waals surface area contributed by atoms with Crippen LogP contribution in [0.5, 0.6) is 0 Å². The summed E-state index contributed by atoms with van der Waals surface area (Å²) in [4.78, 5) is 0. The first-order valence-corrected chi connectivity index (χ1v) is 2.12. The topological polar surface area (TPSA) is 23.8 Å². The van der Waals surface area contributed by atoms with Crippen LogP contribution in [0.2, 0.25) is 0 Å². The predicted molar refractivity (Wildman–Crippen MR) is 23.2 cm³/mol. The highest BCUT2D eigenvalue weighted by atomic mass is 19.1. The molecule has 1 N–H and O–H groups in total. The molecule has 0 aliphatic carbocycles. The summed E-state index contributed by atoms with van der Waals surface area (Å²) in [5, 5.41) is 0. The van der Waals surface area contributed by atoms with Crippen LogP contribution in [0.3, 0.4) is 0 Å². The minimum Gasteiger partial charge on any atom is -0.258 e. The van der Waals surface area contributed by atoms with Crippen LogP contribution in [-0.4, -0.2) is 13.2 Å². The Morgan fingerprint density at radius 1 is 1.33 bits per heavy atom. The number of alkyl halides is 1. The van der Waals surface area contributed by atoms with Gasteiger partial charge in [0.25, 0.3) is 0 Å². The van der Waals surface area contributed by atoms with Crippen molar-refractivity contribution in [3.8, 4) is 0 Å². The standard InChI is InChI=1S/C4H9FN/c5-3-1-2-4-6/h6H,1-4H2. The Balaban J connectivity index is 2.34. The van der Waals surface area contributed by atoms with E-state index in [2.05, 4.69) is 0 Å². The summed E-state index contributed by atoms with van der Waals surface area (Å²) in [6.07, 6.45) is 1.26. The van der Waals surface area contributed by atoms with Crippen LogP contribution >= 0.6 is 0 Å². The maximum absolute atomic E-state index is 11.1. The smallest absolute Gasteiger partial charge is 0.0894 e. The first-order chi connectivity index (χ1) is 2.91. The second-order valence-electron chi connectivity index (χ2n) is 1.15. The first-order valence-electron chi connectivity index (χ1n) is 2.12. The summed E-state index contributed by atoms with van der Waals surface area (Å²) in [7, 11) is 0. The Kier molecular flexibility index (Phi) is 4.80. The van der Waals surface area contributed by atoms with E-state index in [9.17, 15) is 4.39 Å². The van der Waals surface area contributed by atoms with Crippen molar-refractivity contribution >= 4 is 0 Å². The predicted octanol–water partition coefficient (Wildman–Crippen LogP) is 1.02. The molecule has 0 amide bonds. The monoisotopic (exact) mass is 90.1 g/mol. The molecule has 0 unspecified atom stereocenters. The lowest BCUT2D eigenvalue weighted by molar-refractivity contribution is 0.463. The fraction of sp³-hybridized carbons (Fsp3) is 1.00. The van der Waals surface area contributed by atoms with Gasteiger partial charge in [0.1, 0.15) is 0 Å². The van der Waals surface area contributed by atoms with Crippen LogP contribution in [0.25, 0.3) is 0 Å². The zero-order valence-corrected chi connectivity index (χ0v) is 3.71. The Labute approximate surface area is 37.3 Å². The molecule has 0 aromatic heterocycles. The van der Waals surface area contributed by atoms with Crippen molar-refractivity contribution in [1.29, 1.82) is 0 Å². The Morgan fingerprint density at radius 2 is 2.00 bits per heavy atom. The van der Waals surface area contributed by atoms with Gasteiger partial charge >= 0.3 is 0 Å². The number of rotatable bonds is 3. The van der Waals surface area contributed by atoms with Crippen molar-refractivity contribution < 1.29 is 4.39 Å². The van der Waals surface area contributed by atoms with E-state index >= 15 is 0 Å². The van der Waals surface area contributed by atoms with E-state index < -0.39 is 0 Å². The average molecular weight is 90.1 g/mol. The molecule has 0 heterocycles.